The Balaban J connectivity index is 1.64. The number of para-hydroxylation sites is 1. The maximum Gasteiger partial charge on any atom is 0.322 e. The smallest absolute Gasteiger partial charge is 0.322 e. The number of Topliss-reactive ketones (excluding diaryl/α,β-unsaturated/α-hetero) is 1. The van der Waals surface area contributed by atoms with E-state index in [9.17, 15) is 14.4 Å². The normalized spacial score (nSPS) is 16.2. The van der Waals surface area contributed by atoms with Crippen LogP contribution in [0.25, 0.3) is 0 Å². The SMILES string of the molecule is CC(=O)c1ccc(NC(=O)[C@@H]2CCCN2C(=O)Nc2ccccc2)cc1. The summed E-state index contributed by atoms with van der Waals surface area (Å²) in [4.78, 5) is 38.0. The number of ketones is 1. The van der Waals surface area contributed by atoms with Gasteiger partial charge in [-0.15, -0.1) is 0 Å². The van der Waals surface area contributed by atoms with Gasteiger partial charge in [-0.2, -0.15) is 0 Å². The van der Waals surface area contributed by atoms with Crippen molar-refractivity contribution in [1.82, 2.24) is 4.90 Å². The van der Waals surface area contributed by atoms with Gasteiger partial charge >= 0.3 is 6.03 Å². The van der Waals surface area contributed by atoms with Crippen molar-refractivity contribution < 1.29 is 14.4 Å². The van der Waals surface area contributed by atoms with Crippen LogP contribution >= 0.6 is 0 Å². The Kier molecular flexibility index (Phi) is 5.31. The molecule has 134 valence electrons. The third-order valence-electron chi connectivity index (χ3n) is 4.40. The highest BCUT2D eigenvalue weighted by Crippen LogP contribution is 2.21. The van der Waals surface area contributed by atoms with E-state index in [-0.39, 0.29) is 17.7 Å². The maximum absolute atomic E-state index is 12.6. The molecule has 2 aromatic rings. The summed E-state index contributed by atoms with van der Waals surface area (Å²) in [6.45, 7) is 2.04. The van der Waals surface area contributed by atoms with Crippen molar-refractivity contribution in [3.05, 3.63) is 60.2 Å². The molecule has 0 unspecified atom stereocenters. The summed E-state index contributed by atoms with van der Waals surface area (Å²) >= 11 is 0. The topological polar surface area (TPSA) is 78.5 Å². The van der Waals surface area contributed by atoms with E-state index in [2.05, 4.69) is 10.6 Å². The predicted octanol–water partition coefficient (Wildman–Crippen LogP) is 3.52. The second-order valence-corrected chi connectivity index (χ2v) is 6.27. The molecule has 0 saturated carbocycles. The fourth-order valence-corrected chi connectivity index (χ4v) is 3.01. The number of hydrogen-bond acceptors (Lipinski definition) is 3. The summed E-state index contributed by atoms with van der Waals surface area (Å²) in [5.74, 6) is -0.247. The number of nitrogens with zero attached hydrogens (tertiary/aromatic N) is 1. The summed E-state index contributed by atoms with van der Waals surface area (Å²) in [7, 11) is 0. The number of benzene rings is 2. The zero-order valence-electron chi connectivity index (χ0n) is 14.6. The molecule has 26 heavy (non-hydrogen) atoms. The van der Waals surface area contributed by atoms with Gasteiger partial charge in [-0.1, -0.05) is 18.2 Å². The van der Waals surface area contributed by atoms with Crippen LogP contribution in [0.4, 0.5) is 16.2 Å². The standard InChI is InChI=1S/C20H21N3O3/c1-14(24)15-9-11-17(12-10-15)21-19(25)18-8-5-13-23(18)20(26)22-16-6-3-2-4-7-16/h2-4,6-7,9-12,18H,5,8,13H2,1H3,(H,21,25)(H,22,26)/t18-/m0/s1. The molecule has 1 atom stereocenters. The van der Waals surface area contributed by atoms with Gasteiger partial charge < -0.3 is 15.5 Å². The Bertz CT molecular complexity index is 803. The van der Waals surface area contributed by atoms with E-state index in [1.54, 1.807) is 41.3 Å². The molecular weight excluding hydrogens is 330 g/mol. The van der Waals surface area contributed by atoms with Gasteiger partial charge in [0.2, 0.25) is 5.91 Å². The molecule has 2 N–H and O–H groups in total. The highest BCUT2D eigenvalue weighted by molar-refractivity contribution is 6.00. The van der Waals surface area contributed by atoms with Crippen LogP contribution in [0.15, 0.2) is 54.6 Å². The first-order valence-corrected chi connectivity index (χ1v) is 8.59. The monoisotopic (exact) mass is 351 g/mol. The first-order chi connectivity index (χ1) is 12.5. The van der Waals surface area contributed by atoms with E-state index in [0.29, 0.717) is 29.9 Å². The van der Waals surface area contributed by atoms with E-state index in [1.165, 1.54) is 6.92 Å². The molecule has 0 bridgehead atoms. The van der Waals surface area contributed by atoms with Gasteiger partial charge in [0.1, 0.15) is 6.04 Å². The number of hydrogen-bond donors (Lipinski definition) is 2. The minimum Gasteiger partial charge on any atom is -0.324 e. The predicted molar refractivity (Wildman–Crippen MR) is 100 cm³/mol. The van der Waals surface area contributed by atoms with E-state index < -0.39 is 6.04 Å². The van der Waals surface area contributed by atoms with Crippen molar-refractivity contribution in [1.29, 1.82) is 0 Å². The summed E-state index contributed by atoms with van der Waals surface area (Å²) in [5.41, 5.74) is 1.89. The van der Waals surface area contributed by atoms with Gasteiger partial charge in [0, 0.05) is 23.5 Å². The molecule has 0 radical (unpaired) electrons. The van der Waals surface area contributed by atoms with Crippen LogP contribution in [0.1, 0.15) is 30.1 Å². The minimum atomic E-state index is -0.508. The number of nitrogens with one attached hydrogen (secondary N) is 2. The number of rotatable bonds is 4. The second kappa shape index (κ2) is 7.82. The van der Waals surface area contributed by atoms with Gasteiger partial charge in [0.25, 0.3) is 0 Å². The number of amides is 3. The Morgan fingerprint density at radius 3 is 2.23 bits per heavy atom. The highest BCUT2D eigenvalue weighted by Gasteiger charge is 2.34. The fraction of sp³-hybridized carbons (Fsp3) is 0.250. The van der Waals surface area contributed by atoms with E-state index in [1.807, 2.05) is 18.2 Å². The fourth-order valence-electron chi connectivity index (χ4n) is 3.01. The molecule has 0 spiro atoms. The summed E-state index contributed by atoms with van der Waals surface area (Å²) in [6.07, 6.45) is 1.41. The molecule has 0 aliphatic carbocycles. The van der Waals surface area contributed by atoms with E-state index >= 15 is 0 Å². The molecule has 3 rings (SSSR count). The summed E-state index contributed by atoms with van der Waals surface area (Å²) in [6, 6.07) is 15.1. The third kappa shape index (κ3) is 4.08. The lowest BCUT2D eigenvalue weighted by Crippen LogP contribution is -2.45. The number of urea groups is 1. The largest absolute Gasteiger partial charge is 0.324 e. The number of likely N-dealkylation sites (tertiary alicyclic amines) is 1. The average Bonchev–Trinajstić information content (AvgIpc) is 3.13. The molecule has 1 fully saturated rings. The van der Waals surface area contributed by atoms with Crippen molar-refractivity contribution in [3.8, 4) is 0 Å². The maximum atomic E-state index is 12.6. The second-order valence-electron chi connectivity index (χ2n) is 6.27. The van der Waals surface area contributed by atoms with Crippen molar-refractivity contribution >= 4 is 29.1 Å². The van der Waals surface area contributed by atoms with Gasteiger partial charge in [-0.05, 0) is 56.2 Å². The number of carbonyl (C=O) groups excluding carboxylic acids is 3. The number of carbonyl (C=O) groups is 3. The molecule has 1 aliphatic rings. The zero-order valence-corrected chi connectivity index (χ0v) is 14.6. The minimum absolute atomic E-state index is 0.0255. The van der Waals surface area contributed by atoms with Crippen LogP contribution < -0.4 is 10.6 Å². The number of anilines is 2. The zero-order chi connectivity index (χ0) is 18.5. The van der Waals surface area contributed by atoms with Crippen LogP contribution in [-0.2, 0) is 4.79 Å². The molecular formula is C20H21N3O3. The first-order valence-electron chi connectivity index (χ1n) is 8.59. The molecule has 1 aliphatic heterocycles. The van der Waals surface area contributed by atoms with Crippen LogP contribution in [0.2, 0.25) is 0 Å². The van der Waals surface area contributed by atoms with Gasteiger partial charge in [-0.3, -0.25) is 9.59 Å². The van der Waals surface area contributed by atoms with Gasteiger partial charge in [0.15, 0.2) is 5.78 Å². The lowest BCUT2D eigenvalue weighted by molar-refractivity contribution is -0.119. The lowest BCUT2D eigenvalue weighted by atomic mass is 10.1. The van der Waals surface area contributed by atoms with Gasteiger partial charge in [-0.25, -0.2) is 4.79 Å². The molecule has 1 heterocycles. The first kappa shape index (κ1) is 17.7. The summed E-state index contributed by atoms with van der Waals surface area (Å²) < 4.78 is 0. The third-order valence-corrected chi connectivity index (χ3v) is 4.40. The Labute approximate surface area is 152 Å². The quantitative estimate of drug-likeness (QED) is 0.827. The molecule has 1 saturated heterocycles. The van der Waals surface area contributed by atoms with E-state index in [4.69, 9.17) is 0 Å². The van der Waals surface area contributed by atoms with Crippen molar-refractivity contribution in [2.45, 2.75) is 25.8 Å². The van der Waals surface area contributed by atoms with Crippen molar-refractivity contribution in [2.24, 2.45) is 0 Å². The Morgan fingerprint density at radius 2 is 1.58 bits per heavy atom. The van der Waals surface area contributed by atoms with Crippen LogP contribution in [0.5, 0.6) is 0 Å². The Hall–Kier alpha value is -3.15. The molecule has 3 amide bonds. The van der Waals surface area contributed by atoms with Crippen LogP contribution in [-0.4, -0.2) is 35.2 Å². The highest BCUT2D eigenvalue weighted by atomic mass is 16.2. The average molecular weight is 351 g/mol. The summed E-state index contributed by atoms with van der Waals surface area (Å²) in [5, 5.41) is 5.65. The van der Waals surface area contributed by atoms with E-state index in [0.717, 1.165) is 6.42 Å². The van der Waals surface area contributed by atoms with Crippen molar-refractivity contribution in [3.63, 3.8) is 0 Å². The van der Waals surface area contributed by atoms with Gasteiger partial charge in [0.05, 0.1) is 0 Å². The molecule has 6 heteroatoms. The molecule has 0 aromatic heterocycles. The Morgan fingerprint density at radius 1 is 0.923 bits per heavy atom. The van der Waals surface area contributed by atoms with Crippen LogP contribution in [0.3, 0.4) is 0 Å². The lowest BCUT2D eigenvalue weighted by Gasteiger charge is -2.24. The molecule has 6 nitrogen and oxygen atoms in total. The van der Waals surface area contributed by atoms with Crippen molar-refractivity contribution in [2.75, 3.05) is 17.2 Å². The molecule has 2 aromatic carbocycles. The van der Waals surface area contributed by atoms with Crippen LogP contribution in [0, 0.1) is 0 Å².